The third-order valence-electron chi connectivity index (χ3n) is 5.10. The summed E-state index contributed by atoms with van der Waals surface area (Å²) in [5.41, 5.74) is 2.49. The second-order valence-electron chi connectivity index (χ2n) is 7.22. The van der Waals surface area contributed by atoms with Gasteiger partial charge in [0.15, 0.2) is 5.16 Å². The smallest absolute Gasteiger partial charge is 0.263 e. The van der Waals surface area contributed by atoms with E-state index in [1.807, 2.05) is 6.92 Å². The number of anilines is 1. The summed E-state index contributed by atoms with van der Waals surface area (Å²) < 4.78 is 1.77. The average molecular weight is 439 g/mol. The number of fused-ring (bicyclic) bond motifs is 3. The molecule has 0 fully saturated rings. The quantitative estimate of drug-likeness (QED) is 0.438. The van der Waals surface area contributed by atoms with Gasteiger partial charge < -0.3 is 5.32 Å². The number of aromatic nitrogens is 2. The van der Waals surface area contributed by atoms with Crippen molar-refractivity contribution in [1.82, 2.24) is 9.55 Å². The highest BCUT2D eigenvalue weighted by atomic mass is 32.2. The van der Waals surface area contributed by atoms with Crippen molar-refractivity contribution in [1.29, 1.82) is 5.26 Å². The van der Waals surface area contributed by atoms with Crippen molar-refractivity contribution in [3.05, 3.63) is 50.6 Å². The van der Waals surface area contributed by atoms with Crippen molar-refractivity contribution in [3.8, 4) is 6.07 Å². The first-order valence-corrected chi connectivity index (χ1v) is 11.9. The fraction of sp³-hybridized carbons (Fsp3) is 0.364. The van der Waals surface area contributed by atoms with Gasteiger partial charge in [-0.3, -0.25) is 14.2 Å². The number of hydrogen-bond donors (Lipinski definition) is 1. The van der Waals surface area contributed by atoms with Crippen LogP contribution in [0, 0.1) is 11.3 Å². The first-order valence-electron chi connectivity index (χ1n) is 10.1. The predicted octanol–water partition coefficient (Wildman–Crippen LogP) is 4.35. The monoisotopic (exact) mass is 438 g/mol. The van der Waals surface area contributed by atoms with E-state index in [4.69, 9.17) is 10.2 Å². The van der Waals surface area contributed by atoms with Crippen LogP contribution in [0.25, 0.3) is 10.2 Å². The number of aryl methyl sites for hydroxylation is 2. The van der Waals surface area contributed by atoms with Crippen molar-refractivity contribution in [2.45, 2.75) is 50.7 Å². The third kappa shape index (κ3) is 4.13. The molecule has 0 spiro atoms. The van der Waals surface area contributed by atoms with Gasteiger partial charge in [0.25, 0.3) is 5.56 Å². The van der Waals surface area contributed by atoms with E-state index in [1.54, 1.807) is 40.2 Å². The molecule has 0 saturated heterocycles. The number of amides is 1. The Morgan fingerprint density at radius 1 is 1.33 bits per heavy atom. The van der Waals surface area contributed by atoms with E-state index >= 15 is 0 Å². The van der Waals surface area contributed by atoms with Crippen LogP contribution in [-0.4, -0.2) is 21.2 Å². The van der Waals surface area contributed by atoms with Gasteiger partial charge in [0, 0.05) is 29.3 Å². The Balaban J connectivity index is 1.46. The number of carbonyl (C=O) groups excluding carboxylic acids is 1. The molecular formula is C22H22N4O2S2. The number of benzene rings is 1. The number of thioether (sulfide) groups is 1. The zero-order valence-corrected chi connectivity index (χ0v) is 18.4. The van der Waals surface area contributed by atoms with Crippen LogP contribution in [0.3, 0.4) is 0 Å². The van der Waals surface area contributed by atoms with E-state index < -0.39 is 0 Å². The summed E-state index contributed by atoms with van der Waals surface area (Å²) in [5.74, 6) is 0.433. The highest BCUT2D eigenvalue weighted by Gasteiger charge is 2.23. The first kappa shape index (κ1) is 20.6. The minimum atomic E-state index is -0.104. The van der Waals surface area contributed by atoms with Crippen molar-refractivity contribution in [2.75, 3.05) is 11.1 Å². The molecule has 30 heavy (non-hydrogen) atoms. The Morgan fingerprint density at radius 3 is 2.87 bits per heavy atom. The summed E-state index contributed by atoms with van der Waals surface area (Å²) >= 11 is 3.10. The topological polar surface area (TPSA) is 87.8 Å². The van der Waals surface area contributed by atoms with E-state index in [0.29, 0.717) is 35.1 Å². The molecule has 0 saturated carbocycles. The lowest BCUT2D eigenvalue weighted by Gasteiger charge is -2.11. The minimum Gasteiger partial charge on any atom is -0.326 e. The van der Waals surface area contributed by atoms with E-state index in [-0.39, 0.29) is 11.5 Å². The number of nitriles is 1. The van der Waals surface area contributed by atoms with Crippen LogP contribution < -0.4 is 10.9 Å². The Hall–Kier alpha value is -2.63. The lowest BCUT2D eigenvalue weighted by molar-refractivity contribution is -0.115. The lowest BCUT2D eigenvalue weighted by Crippen LogP contribution is -2.23. The fourth-order valence-electron chi connectivity index (χ4n) is 3.68. The van der Waals surface area contributed by atoms with Crippen molar-refractivity contribution < 1.29 is 4.79 Å². The van der Waals surface area contributed by atoms with Crippen LogP contribution in [0.2, 0.25) is 0 Å². The van der Waals surface area contributed by atoms with Crippen LogP contribution in [0.5, 0.6) is 0 Å². The molecule has 154 valence electrons. The third-order valence-corrected chi connectivity index (χ3v) is 7.26. The van der Waals surface area contributed by atoms with Crippen LogP contribution in [0.15, 0.2) is 34.2 Å². The fourth-order valence-corrected chi connectivity index (χ4v) is 5.94. The molecule has 0 atom stereocenters. The van der Waals surface area contributed by atoms with Gasteiger partial charge >= 0.3 is 0 Å². The summed E-state index contributed by atoms with van der Waals surface area (Å²) in [5, 5.41) is 13.2. The normalized spacial score (nSPS) is 12.7. The molecule has 0 unspecified atom stereocenters. The lowest BCUT2D eigenvalue weighted by atomic mass is 10.2. The standard InChI is InChI=1S/C22H22N4O2S2/c1-2-11-26-21(28)19-16-4-3-5-17(16)30-20(19)25-22(26)29-12-10-18(27)24-15-8-6-14(13-23)7-9-15/h6-9H,2-5,10-12H2,1H3,(H,24,27). The van der Waals surface area contributed by atoms with Crippen LogP contribution in [-0.2, 0) is 24.2 Å². The Kier molecular flexibility index (Phi) is 6.21. The number of nitrogens with zero attached hydrogens (tertiary/aromatic N) is 3. The van der Waals surface area contributed by atoms with Crippen molar-refractivity contribution >= 4 is 44.9 Å². The summed E-state index contributed by atoms with van der Waals surface area (Å²) in [7, 11) is 0. The highest BCUT2D eigenvalue weighted by Crippen LogP contribution is 2.35. The van der Waals surface area contributed by atoms with Gasteiger partial charge in [-0.05, 0) is 55.5 Å². The maximum Gasteiger partial charge on any atom is 0.263 e. The SMILES string of the molecule is CCCn1c(SCCC(=O)Nc2ccc(C#N)cc2)nc2sc3c(c2c1=O)CCC3. The number of rotatable bonds is 7. The largest absolute Gasteiger partial charge is 0.326 e. The van der Waals surface area contributed by atoms with Gasteiger partial charge in [0.05, 0.1) is 17.0 Å². The van der Waals surface area contributed by atoms with E-state index in [1.165, 1.54) is 22.2 Å². The molecule has 1 aliphatic carbocycles. The zero-order chi connectivity index (χ0) is 21.1. The molecule has 4 rings (SSSR count). The van der Waals surface area contributed by atoms with Gasteiger partial charge in [-0.1, -0.05) is 18.7 Å². The molecular weight excluding hydrogens is 416 g/mol. The second kappa shape index (κ2) is 9.02. The summed E-state index contributed by atoms with van der Waals surface area (Å²) in [6, 6.07) is 8.83. The first-order chi connectivity index (χ1) is 14.6. The van der Waals surface area contributed by atoms with Gasteiger partial charge in [-0.25, -0.2) is 4.98 Å². The summed E-state index contributed by atoms with van der Waals surface area (Å²) in [6.07, 6.45) is 4.30. The number of hydrogen-bond acceptors (Lipinski definition) is 6. The summed E-state index contributed by atoms with van der Waals surface area (Å²) in [6.45, 7) is 2.68. The Morgan fingerprint density at radius 2 is 2.13 bits per heavy atom. The molecule has 1 N–H and O–H groups in total. The highest BCUT2D eigenvalue weighted by molar-refractivity contribution is 7.99. The average Bonchev–Trinajstić information content (AvgIpc) is 3.32. The number of nitrogens with one attached hydrogen (secondary N) is 1. The predicted molar refractivity (Wildman–Crippen MR) is 121 cm³/mol. The molecule has 8 heteroatoms. The Labute approximate surface area is 182 Å². The second-order valence-corrected chi connectivity index (χ2v) is 9.37. The Bertz CT molecular complexity index is 1190. The minimum absolute atomic E-state index is 0.0609. The maximum atomic E-state index is 13.2. The molecule has 1 aromatic carbocycles. The van der Waals surface area contributed by atoms with E-state index in [2.05, 4.69) is 11.4 Å². The maximum absolute atomic E-state index is 13.2. The van der Waals surface area contributed by atoms with Crippen molar-refractivity contribution in [3.63, 3.8) is 0 Å². The van der Waals surface area contributed by atoms with E-state index in [0.717, 1.165) is 35.9 Å². The molecule has 2 aromatic heterocycles. The summed E-state index contributed by atoms with van der Waals surface area (Å²) in [4.78, 5) is 32.4. The van der Waals surface area contributed by atoms with Gasteiger partial charge in [-0.15, -0.1) is 11.3 Å². The molecule has 6 nitrogen and oxygen atoms in total. The molecule has 2 heterocycles. The van der Waals surface area contributed by atoms with E-state index in [9.17, 15) is 9.59 Å². The van der Waals surface area contributed by atoms with Crippen LogP contribution in [0.4, 0.5) is 5.69 Å². The van der Waals surface area contributed by atoms with Crippen molar-refractivity contribution in [2.24, 2.45) is 0 Å². The molecule has 0 bridgehead atoms. The number of carbonyl (C=O) groups is 1. The zero-order valence-electron chi connectivity index (χ0n) is 16.7. The molecule has 1 aliphatic rings. The van der Waals surface area contributed by atoms with Gasteiger partial charge in [0.2, 0.25) is 5.91 Å². The molecule has 1 amide bonds. The van der Waals surface area contributed by atoms with Crippen LogP contribution in [0.1, 0.15) is 42.2 Å². The van der Waals surface area contributed by atoms with Gasteiger partial charge in [0.1, 0.15) is 4.83 Å². The van der Waals surface area contributed by atoms with Crippen LogP contribution >= 0.6 is 23.1 Å². The van der Waals surface area contributed by atoms with Gasteiger partial charge in [-0.2, -0.15) is 5.26 Å². The molecule has 0 radical (unpaired) electrons. The molecule has 0 aliphatic heterocycles. The molecule has 3 aromatic rings. The number of thiophene rings is 1.